The van der Waals surface area contributed by atoms with Crippen molar-refractivity contribution in [3.8, 4) is 5.75 Å². The Morgan fingerprint density at radius 3 is 2.78 bits per heavy atom. The highest BCUT2D eigenvalue weighted by Crippen LogP contribution is 2.15. The number of carbonyl (C=O) groups excluding carboxylic acids is 1. The Kier molecular flexibility index (Phi) is 7.98. The molecule has 0 atom stereocenters. The minimum Gasteiger partial charge on any atom is -0.435 e. The van der Waals surface area contributed by atoms with Crippen LogP contribution in [0.3, 0.4) is 0 Å². The molecule has 1 aromatic carbocycles. The van der Waals surface area contributed by atoms with E-state index < -0.39 is 6.61 Å². The van der Waals surface area contributed by atoms with Crippen LogP contribution in [-0.2, 0) is 0 Å². The molecule has 3 N–H and O–H groups in total. The lowest BCUT2D eigenvalue weighted by Gasteiger charge is -2.07. The first-order valence-corrected chi connectivity index (χ1v) is 5.16. The van der Waals surface area contributed by atoms with Crippen LogP contribution in [-0.4, -0.2) is 25.6 Å². The molecule has 0 aliphatic carbocycles. The number of ether oxygens (including phenoxy) is 1. The molecule has 1 aromatic rings. The largest absolute Gasteiger partial charge is 0.435 e. The van der Waals surface area contributed by atoms with Gasteiger partial charge in [-0.05, 0) is 31.2 Å². The van der Waals surface area contributed by atoms with Gasteiger partial charge in [0.15, 0.2) is 0 Å². The van der Waals surface area contributed by atoms with Crippen molar-refractivity contribution in [3.05, 3.63) is 29.8 Å². The fraction of sp³-hybridized carbons (Fsp3) is 0.364. The van der Waals surface area contributed by atoms with Gasteiger partial charge < -0.3 is 15.8 Å². The predicted molar refractivity (Wildman–Crippen MR) is 66.3 cm³/mol. The van der Waals surface area contributed by atoms with E-state index in [1.807, 2.05) is 0 Å². The van der Waals surface area contributed by atoms with Gasteiger partial charge in [0.2, 0.25) is 0 Å². The van der Waals surface area contributed by atoms with E-state index >= 15 is 0 Å². The van der Waals surface area contributed by atoms with E-state index in [4.69, 9.17) is 5.73 Å². The average molecular weight is 281 g/mol. The number of hydrogen-bond acceptors (Lipinski definition) is 3. The van der Waals surface area contributed by atoms with Crippen LogP contribution in [0.25, 0.3) is 0 Å². The molecule has 1 rings (SSSR count). The van der Waals surface area contributed by atoms with Gasteiger partial charge in [-0.15, -0.1) is 12.4 Å². The molecule has 0 saturated heterocycles. The molecule has 0 aliphatic heterocycles. The zero-order chi connectivity index (χ0) is 12.7. The van der Waals surface area contributed by atoms with Crippen molar-refractivity contribution in [1.82, 2.24) is 5.32 Å². The van der Waals surface area contributed by atoms with E-state index in [0.29, 0.717) is 19.5 Å². The van der Waals surface area contributed by atoms with Crippen molar-refractivity contribution in [2.45, 2.75) is 13.0 Å². The summed E-state index contributed by atoms with van der Waals surface area (Å²) in [6.45, 7) is -1.96. The molecule has 0 radical (unpaired) electrons. The van der Waals surface area contributed by atoms with Crippen LogP contribution in [0.5, 0.6) is 5.75 Å². The molecule has 0 bridgehead atoms. The molecule has 1 amide bonds. The number of nitrogens with two attached hydrogens (primary N) is 1. The Bertz CT molecular complexity index is 378. The maximum atomic E-state index is 12.0. The van der Waals surface area contributed by atoms with Crippen LogP contribution in [0, 0.1) is 0 Å². The summed E-state index contributed by atoms with van der Waals surface area (Å²) < 4.78 is 28.1. The van der Waals surface area contributed by atoms with E-state index in [0.717, 1.165) is 0 Å². The third kappa shape index (κ3) is 5.79. The lowest BCUT2D eigenvalue weighted by Crippen LogP contribution is -2.25. The van der Waals surface area contributed by atoms with E-state index in [1.165, 1.54) is 24.3 Å². The smallest absolute Gasteiger partial charge is 0.387 e. The minimum atomic E-state index is -2.90. The molecule has 0 fully saturated rings. The molecule has 0 unspecified atom stereocenters. The third-order valence-corrected chi connectivity index (χ3v) is 1.99. The fourth-order valence-corrected chi connectivity index (χ4v) is 1.22. The van der Waals surface area contributed by atoms with Crippen molar-refractivity contribution in [2.24, 2.45) is 5.73 Å². The lowest BCUT2D eigenvalue weighted by atomic mass is 10.2. The molecule has 0 spiro atoms. The second kappa shape index (κ2) is 8.66. The number of rotatable bonds is 6. The molecule has 102 valence electrons. The molecule has 0 saturated carbocycles. The van der Waals surface area contributed by atoms with Crippen molar-refractivity contribution in [3.63, 3.8) is 0 Å². The molecule has 0 aliphatic rings. The Hall–Kier alpha value is -1.40. The highest BCUT2D eigenvalue weighted by atomic mass is 35.5. The third-order valence-electron chi connectivity index (χ3n) is 1.99. The number of benzene rings is 1. The summed E-state index contributed by atoms with van der Waals surface area (Å²) in [6.07, 6.45) is 0.666. The number of alkyl halides is 2. The van der Waals surface area contributed by atoms with Crippen molar-refractivity contribution in [1.29, 1.82) is 0 Å². The fourth-order valence-electron chi connectivity index (χ4n) is 1.22. The van der Waals surface area contributed by atoms with E-state index in [9.17, 15) is 13.6 Å². The van der Waals surface area contributed by atoms with Gasteiger partial charge in [-0.1, -0.05) is 6.07 Å². The predicted octanol–water partition coefficient (Wildman–Crippen LogP) is 1.79. The number of hydrogen-bond donors (Lipinski definition) is 2. The molecule has 18 heavy (non-hydrogen) atoms. The standard InChI is InChI=1S/C11H14F2N2O2.ClH/c12-11(13)17-9-4-1-3-8(7-9)10(16)15-6-2-5-14;/h1,3-4,7,11H,2,5-6,14H2,(H,15,16);1H. The van der Waals surface area contributed by atoms with Crippen molar-refractivity contribution >= 4 is 18.3 Å². The highest BCUT2D eigenvalue weighted by Gasteiger charge is 2.08. The molecule has 0 aromatic heterocycles. The van der Waals surface area contributed by atoms with Crippen LogP contribution in [0.1, 0.15) is 16.8 Å². The second-order valence-corrected chi connectivity index (χ2v) is 3.30. The van der Waals surface area contributed by atoms with Crippen molar-refractivity contribution in [2.75, 3.05) is 13.1 Å². The summed E-state index contributed by atoms with van der Waals surface area (Å²) in [7, 11) is 0. The maximum Gasteiger partial charge on any atom is 0.387 e. The van der Waals surface area contributed by atoms with Gasteiger partial charge in [0.25, 0.3) is 5.91 Å². The van der Waals surface area contributed by atoms with Crippen LogP contribution >= 0.6 is 12.4 Å². The summed E-state index contributed by atoms with van der Waals surface area (Å²) in [5.74, 6) is -0.371. The van der Waals surface area contributed by atoms with Crippen molar-refractivity contribution < 1.29 is 18.3 Å². The normalized spacial score (nSPS) is 9.78. The summed E-state index contributed by atoms with van der Waals surface area (Å²) in [6, 6.07) is 5.64. The summed E-state index contributed by atoms with van der Waals surface area (Å²) >= 11 is 0. The molecule has 7 heteroatoms. The van der Waals surface area contributed by atoms with Gasteiger partial charge in [0.1, 0.15) is 5.75 Å². The Labute approximate surface area is 110 Å². The Morgan fingerprint density at radius 1 is 1.44 bits per heavy atom. The van der Waals surface area contributed by atoms with E-state index in [1.54, 1.807) is 0 Å². The molecular formula is C11H15ClF2N2O2. The van der Waals surface area contributed by atoms with Crippen LogP contribution in [0.2, 0.25) is 0 Å². The van der Waals surface area contributed by atoms with E-state index in [2.05, 4.69) is 10.1 Å². The summed E-state index contributed by atoms with van der Waals surface area (Å²) in [4.78, 5) is 11.6. The van der Waals surface area contributed by atoms with E-state index in [-0.39, 0.29) is 29.6 Å². The van der Waals surface area contributed by atoms with Gasteiger partial charge >= 0.3 is 6.61 Å². The van der Waals surface area contributed by atoms with Gasteiger partial charge in [0.05, 0.1) is 0 Å². The summed E-state index contributed by atoms with van der Waals surface area (Å²) in [5, 5.41) is 2.62. The highest BCUT2D eigenvalue weighted by molar-refractivity contribution is 5.94. The SMILES string of the molecule is Cl.NCCCNC(=O)c1cccc(OC(F)F)c1. The van der Waals surface area contributed by atoms with Gasteiger partial charge in [0, 0.05) is 12.1 Å². The molecule has 0 heterocycles. The zero-order valence-electron chi connectivity index (χ0n) is 9.57. The number of amides is 1. The first-order valence-electron chi connectivity index (χ1n) is 5.16. The second-order valence-electron chi connectivity index (χ2n) is 3.30. The zero-order valence-corrected chi connectivity index (χ0v) is 10.4. The Morgan fingerprint density at radius 2 is 2.17 bits per heavy atom. The monoisotopic (exact) mass is 280 g/mol. The number of carbonyl (C=O) groups is 1. The maximum absolute atomic E-state index is 12.0. The van der Waals surface area contributed by atoms with Gasteiger partial charge in [-0.3, -0.25) is 4.79 Å². The molecule has 4 nitrogen and oxygen atoms in total. The molecular weight excluding hydrogens is 266 g/mol. The number of halogens is 3. The minimum absolute atomic E-state index is 0. The quantitative estimate of drug-likeness (QED) is 0.781. The van der Waals surface area contributed by atoms with Crippen LogP contribution in [0.15, 0.2) is 24.3 Å². The topological polar surface area (TPSA) is 64.3 Å². The number of nitrogens with one attached hydrogen (secondary N) is 1. The van der Waals surface area contributed by atoms with Gasteiger partial charge in [-0.2, -0.15) is 8.78 Å². The first-order chi connectivity index (χ1) is 8.13. The first kappa shape index (κ1) is 16.6. The average Bonchev–Trinajstić information content (AvgIpc) is 2.28. The van der Waals surface area contributed by atoms with Crippen LogP contribution < -0.4 is 15.8 Å². The lowest BCUT2D eigenvalue weighted by molar-refractivity contribution is -0.0498. The Balaban J connectivity index is 0.00000289. The van der Waals surface area contributed by atoms with Gasteiger partial charge in [-0.25, -0.2) is 0 Å². The summed E-state index contributed by atoms with van der Waals surface area (Å²) in [5.41, 5.74) is 5.56. The van der Waals surface area contributed by atoms with Crippen LogP contribution in [0.4, 0.5) is 8.78 Å².